The van der Waals surface area contributed by atoms with Crippen molar-refractivity contribution in [1.82, 2.24) is 4.90 Å². The first-order chi connectivity index (χ1) is 12.3. The molecule has 0 fully saturated rings. The van der Waals surface area contributed by atoms with Crippen molar-refractivity contribution < 1.29 is 19.3 Å². The standard InChI is InChI=1S/C19H16N2O5/c1-11(2)10-20-18(23)15-7-6-13(9-16(15)19(20)24)17(22)12-4-3-5-14(8-12)21(25)26/h3-9,11H,10H2,1-2H3. The summed E-state index contributed by atoms with van der Waals surface area (Å²) in [6.45, 7) is 4.11. The average molecular weight is 352 g/mol. The maximum Gasteiger partial charge on any atom is 0.270 e. The highest BCUT2D eigenvalue weighted by Gasteiger charge is 2.36. The number of rotatable bonds is 5. The van der Waals surface area contributed by atoms with Gasteiger partial charge in [-0.05, 0) is 18.1 Å². The molecule has 0 aromatic heterocycles. The van der Waals surface area contributed by atoms with Gasteiger partial charge in [-0.2, -0.15) is 0 Å². The van der Waals surface area contributed by atoms with E-state index in [4.69, 9.17) is 0 Å². The largest absolute Gasteiger partial charge is 0.289 e. The molecule has 0 radical (unpaired) electrons. The number of nitrogens with zero attached hydrogens (tertiary/aromatic N) is 2. The van der Waals surface area contributed by atoms with Crippen LogP contribution in [0, 0.1) is 16.0 Å². The molecule has 0 aliphatic carbocycles. The van der Waals surface area contributed by atoms with Gasteiger partial charge in [0.1, 0.15) is 0 Å². The molecular weight excluding hydrogens is 336 g/mol. The zero-order chi connectivity index (χ0) is 19.0. The number of nitro groups is 1. The van der Waals surface area contributed by atoms with Crippen LogP contribution in [-0.4, -0.2) is 34.0 Å². The molecule has 2 aromatic rings. The molecule has 132 valence electrons. The van der Waals surface area contributed by atoms with Gasteiger partial charge < -0.3 is 0 Å². The molecule has 0 bridgehead atoms. The highest BCUT2D eigenvalue weighted by atomic mass is 16.6. The highest BCUT2D eigenvalue weighted by Crippen LogP contribution is 2.26. The monoisotopic (exact) mass is 352 g/mol. The minimum atomic E-state index is -0.578. The smallest absolute Gasteiger partial charge is 0.270 e. The van der Waals surface area contributed by atoms with Crippen LogP contribution in [-0.2, 0) is 0 Å². The highest BCUT2D eigenvalue weighted by molar-refractivity contribution is 6.22. The van der Waals surface area contributed by atoms with Crippen LogP contribution in [0.1, 0.15) is 50.5 Å². The molecule has 0 saturated carbocycles. The van der Waals surface area contributed by atoms with Crippen molar-refractivity contribution in [2.75, 3.05) is 6.54 Å². The summed E-state index contributed by atoms with van der Waals surface area (Å²) in [5.41, 5.74) is 0.622. The maximum atomic E-state index is 12.6. The van der Waals surface area contributed by atoms with Crippen LogP contribution in [0.5, 0.6) is 0 Å². The number of hydrogen-bond donors (Lipinski definition) is 0. The van der Waals surface area contributed by atoms with Gasteiger partial charge in [-0.3, -0.25) is 29.4 Å². The summed E-state index contributed by atoms with van der Waals surface area (Å²) >= 11 is 0. The lowest BCUT2D eigenvalue weighted by atomic mass is 9.99. The number of hydrogen-bond acceptors (Lipinski definition) is 5. The Morgan fingerprint density at radius 2 is 1.69 bits per heavy atom. The summed E-state index contributed by atoms with van der Waals surface area (Å²) in [6.07, 6.45) is 0. The average Bonchev–Trinajstić information content (AvgIpc) is 2.85. The van der Waals surface area contributed by atoms with Crippen molar-refractivity contribution >= 4 is 23.3 Å². The second kappa shape index (κ2) is 6.51. The molecular formula is C19H16N2O5. The van der Waals surface area contributed by atoms with Gasteiger partial charge in [-0.25, -0.2) is 0 Å². The van der Waals surface area contributed by atoms with Gasteiger partial charge in [0.05, 0.1) is 16.1 Å². The van der Waals surface area contributed by atoms with Crippen LogP contribution < -0.4 is 0 Å². The van der Waals surface area contributed by atoms with Gasteiger partial charge in [0.15, 0.2) is 5.78 Å². The number of fused-ring (bicyclic) bond motifs is 1. The Hall–Kier alpha value is -3.35. The van der Waals surface area contributed by atoms with Crippen LogP contribution in [0.25, 0.3) is 0 Å². The van der Waals surface area contributed by atoms with E-state index in [9.17, 15) is 24.5 Å². The summed E-state index contributed by atoms with van der Waals surface area (Å²) in [5.74, 6) is -1.11. The van der Waals surface area contributed by atoms with Gasteiger partial charge in [0.2, 0.25) is 0 Å². The topological polar surface area (TPSA) is 97.6 Å². The normalized spacial score (nSPS) is 13.3. The molecule has 0 saturated heterocycles. The van der Waals surface area contributed by atoms with E-state index in [2.05, 4.69) is 0 Å². The first kappa shape index (κ1) is 17.5. The molecule has 1 aliphatic rings. The molecule has 7 nitrogen and oxygen atoms in total. The van der Waals surface area contributed by atoms with E-state index in [1.54, 1.807) is 0 Å². The molecule has 1 heterocycles. The first-order valence-electron chi connectivity index (χ1n) is 8.09. The number of imide groups is 1. The van der Waals surface area contributed by atoms with E-state index >= 15 is 0 Å². The molecule has 0 unspecified atom stereocenters. The summed E-state index contributed by atoms with van der Waals surface area (Å²) < 4.78 is 0. The number of amides is 2. The minimum Gasteiger partial charge on any atom is -0.289 e. The predicted molar refractivity (Wildman–Crippen MR) is 93.2 cm³/mol. The summed E-state index contributed by atoms with van der Waals surface area (Å²) in [7, 11) is 0. The molecule has 7 heteroatoms. The lowest BCUT2D eigenvalue weighted by Crippen LogP contribution is -2.33. The van der Waals surface area contributed by atoms with E-state index in [-0.39, 0.29) is 39.8 Å². The second-order valence-electron chi connectivity index (χ2n) is 6.51. The van der Waals surface area contributed by atoms with E-state index < -0.39 is 16.6 Å². The summed E-state index contributed by atoms with van der Waals surface area (Å²) in [4.78, 5) is 49.0. The van der Waals surface area contributed by atoms with Crippen molar-refractivity contribution in [2.45, 2.75) is 13.8 Å². The molecule has 2 aromatic carbocycles. The SMILES string of the molecule is CC(C)CN1C(=O)c2ccc(C(=O)c3cccc([N+](=O)[O-])c3)cc2C1=O. The van der Waals surface area contributed by atoms with Gasteiger partial charge in [-0.1, -0.05) is 32.0 Å². The fourth-order valence-electron chi connectivity index (χ4n) is 2.89. The number of carbonyl (C=O) groups is 3. The van der Waals surface area contributed by atoms with E-state index in [0.29, 0.717) is 6.54 Å². The molecule has 26 heavy (non-hydrogen) atoms. The minimum absolute atomic E-state index is 0.128. The Morgan fingerprint density at radius 1 is 1.04 bits per heavy atom. The third kappa shape index (κ3) is 2.99. The number of carbonyl (C=O) groups excluding carboxylic acids is 3. The predicted octanol–water partition coefficient (Wildman–Crippen LogP) is 3.08. The van der Waals surface area contributed by atoms with Crippen molar-refractivity contribution in [2.24, 2.45) is 5.92 Å². The summed E-state index contributed by atoms with van der Waals surface area (Å²) in [6, 6.07) is 9.69. The van der Waals surface area contributed by atoms with Gasteiger partial charge in [0, 0.05) is 29.8 Å². The fraction of sp³-hybridized carbons (Fsp3) is 0.211. The van der Waals surface area contributed by atoms with Crippen LogP contribution in [0.2, 0.25) is 0 Å². The number of nitro benzene ring substituents is 1. The lowest BCUT2D eigenvalue weighted by Gasteiger charge is -2.15. The van der Waals surface area contributed by atoms with Crippen LogP contribution in [0.4, 0.5) is 5.69 Å². The Kier molecular flexibility index (Phi) is 4.38. The third-order valence-corrected chi connectivity index (χ3v) is 4.10. The number of ketones is 1. The van der Waals surface area contributed by atoms with E-state index in [1.807, 2.05) is 13.8 Å². The van der Waals surface area contributed by atoms with Gasteiger partial charge >= 0.3 is 0 Å². The Balaban J connectivity index is 1.96. The lowest BCUT2D eigenvalue weighted by molar-refractivity contribution is -0.384. The third-order valence-electron chi connectivity index (χ3n) is 4.10. The maximum absolute atomic E-state index is 12.6. The van der Waals surface area contributed by atoms with Crippen LogP contribution in [0.15, 0.2) is 42.5 Å². The number of non-ortho nitro benzene ring substituents is 1. The molecule has 0 spiro atoms. The molecule has 0 N–H and O–H groups in total. The van der Waals surface area contributed by atoms with Crippen molar-refractivity contribution in [3.63, 3.8) is 0 Å². The Bertz CT molecular complexity index is 949. The fourth-order valence-corrected chi connectivity index (χ4v) is 2.89. The van der Waals surface area contributed by atoms with Crippen molar-refractivity contribution in [1.29, 1.82) is 0 Å². The summed E-state index contributed by atoms with van der Waals surface area (Å²) in [5, 5.41) is 10.9. The van der Waals surface area contributed by atoms with Crippen LogP contribution >= 0.6 is 0 Å². The first-order valence-corrected chi connectivity index (χ1v) is 8.09. The zero-order valence-corrected chi connectivity index (χ0v) is 14.3. The second-order valence-corrected chi connectivity index (χ2v) is 6.51. The molecule has 3 rings (SSSR count). The number of benzene rings is 2. The van der Waals surface area contributed by atoms with Gasteiger partial charge in [-0.15, -0.1) is 0 Å². The van der Waals surface area contributed by atoms with Crippen molar-refractivity contribution in [3.8, 4) is 0 Å². The molecule has 2 amide bonds. The van der Waals surface area contributed by atoms with Gasteiger partial charge in [0.25, 0.3) is 17.5 Å². The Labute approximate surface area is 149 Å². The zero-order valence-electron chi connectivity index (χ0n) is 14.3. The van der Waals surface area contributed by atoms with E-state index in [1.165, 1.54) is 47.4 Å². The molecule has 0 atom stereocenters. The molecule has 1 aliphatic heterocycles. The van der Waals surface area contributed by atoms with E-state index in [0.717, 1.165) is 0 Å². The van der Waals surface area contributed by atoms with Crippen LogP contribution in [0.3, 0.4) is 0 Å². The Morgan fingerprint density at radius 3 is 2.35 bits per heavy atom. The quantitative estimate of drug-likeness (QED) is 0.356. The van der Waals surface area contributed by atoms with Crippen molar-refractivity contribution in [3.05, 3.63) is 74.8 Å².